The monoisotopic (exact) mass is 460 g/mol. The lowest BCUT2D eigenvalue weighted by atomic mass is 9.98. The number of benzene rings is 1. The minimum atomic E-state index is 0.307. The molecule has 0 aliphatic heterocycles. The molecule has 1 saturated carbocycles. The third-order valence-electron chi connectivity index (χ3n) is 6.06. The number of aryl methyl sites for hydroxylation is 2. The molecule has 3 heterocycles. The topological polar surface area (TPSA) is 73.1 Å². The third-order valence-corrected chi connectivity index (χ3v) is 7.22. The Balaban J connectivity index is 1.29. The summed E-state index contributed by atoms with van der Waals surface area (Å²) in [6.45, 7) is 4.56. The van der Waals surface area contributed by atoms with Gasteiger partial charge in [-0.25, -0.2) is 9.97 Å². The summed E-state index contributed by atoms with van der Waals surface area (Å²) in [7, 11) is 0. The van der Waals surface area contributed by atoms with Crippen molar-refractivity contribution >= 4 is 16.5 Å². The largest absolute Gasteiger partial charge is 0.489 e. The van der Waals surface area contributed by atoms with Crippen LogP contribution in [0.4, 0.5) is 5.13 Å². The van der Waals surface area contributed by atoms with Gasteiger partial charge in [0.05, 0.1) is 28.6 Å². The molecule has 7 heteroatoms. The maximum Gasteiger partial charge on any atom is 0.190 e. The summed E-state index contributed by atoms with van der Waals surface area (Å²) in [6, 6.07) is 14.3. The van der Waals surface area contributed by atoms with Crippen LogP contribution in [0.25, 0.3) is 21.9 Å². The lowest BCUT2D eigenvalue weighted by Gasteiger charge is -2.22. The van der Waals surface area contributed by atoms with Crippen molar-refractivity contribution in [3.8, 4) is 27.6 Å². The van der Waals surface area contributed by atoms with Crippen LogP contribution in [-0.4, -0.2) is 21.2 Å². The van der Waals surface area contributed by atoms with Crippen LogP contribution in [0.1, 0.15) is 49.1 Å². The van der Waals surface area contributed by atoms with Gasteiger partial charge in [0.15, 0.2) is 10.9 Å². The zero-order valence-corrected chi connectivity index (χ0v) is 19.8. The molecule has 0 radical (unpaired) electrons. The summed E-state index contributed by atoms with van der Waals surface area (Å²) in [4.78, 5) is 10.5. The van der Waals surface area contributed by atoms with E-state index in [1.54, 1.807) is 17.5 Å². The molecule has 0 spiro atoms. The van der Waals surface area contributed by atoms with Gasteiger partial charge < -0.3 is 14.6 Å². The van der Waals surface area contributed by atoms with Gasteiger partial charge >= 0.3 is 0 Å². The molecule has 1 fully saturated rings. The van der Waals surface area contributed by atoms with Crippen LogP contribution in [0.5, 0.6) is 5.75 Å². The zero-order chi connectivity index (χ0) is 22.6. The van der Waals surface area contributed by atoms with E-state index in [9.17, 15) is 0 Å². The van der Waals surface area contributed by atoms with E-state index in [1.807, 2.05) is 44.2 Å². The molecule has 3 aromatic heterocycles. The van der Waals surface area contributed by atoms with Gasteiger partial charge in [-0.15, -0.1) is 0 Å². The number of rotatable bonds is 7. The molecule has 6 nitrogen and oxygen atoms in total. The third kappa shape index (κ3) is 4.93. The van der Waals surface area contributed by atoms with Gasteiger partial charge in [0.1, 0.15) is 11.4 Å². The van der Waals surface area contributed by atoms with Crippen LogP contribution in [0.2, 0.25) is 0 Å². The lowest BCUT2D eigenvalue weighted by molar-refractivity contribution is 0.154. The Morgan fingerprint density at radius 2 is 1.85 bits per heavy atom. The van der Waals surface area contributed by atoms with Crippen molar-refractivity contribution in [2.24, 2.45) is 0 Å². The highest BCUT2D eigenvalue weighted by Crippen LogP contribution is 2.34. The molecule has 1 aliphatic rings. The Hall–Kier alpha value is -3.19. The van der Waals surface area contributed by atoms with Crippen molar-refractivity contribution in [2.75, 3.05) is 5.32 Å². The van der Waals surface area contributed by atoms with Crippen molar-refractivity contribution in [2.45, 2.75) is 58.6 Å². The number of pyridine rings is 1. The maximum atomic E-state index is 6.11. The van der Waals surface area contributed by atoms with E-state index in [0.717, 1.165) is 46.4 Å². The Kier molecular flexibility index (Phi) is 6.39. The van der Waals surface area contributed by atoms with Crippen LogP contribution in [-0.2, 0) is 6.54 Å². The van der Waals surface area contributed by atoms with Gasteiger partial charge in [-0.3, -0.25) is 0 Å². The normalized spacial score (nSPS) is 14.4. The lowest BCUT2D eigenvalue weighted by Crippen LogP contribution is -2.19. The molecule has 0 bridgehead atoms. The van der Waals surface area contributed by atoms with Crippen molar-refractivity contribution in [1.29, 1.82) is 0 Å². The summed E-state index contributed by atoms with van der Waals surface area (Å²) >= 11 is 1.65. The van der Waals surface area contributed by atoms with Crippen molar-refractivity contribution < 1.29 is 9.26 Å². The number of aromatic nitrogens is 3. The van der Waals surface area contributed by atoms with Crippen LogP contribution in [0.3, 0.4) is 0 Å². The van der Waals surface area contributed by atoms with E-state index in [4.69, 9.17) is 14.2 Å². The quantitative estimate of drug-likeness (QED) is 0.327. The average molecular weight is 461 g/mol. The Labute approximate surface area is 198 Å². The molecule has 1 N–H and O–H groups in total. The van der Waals surface area contributed by atoms with Gasteiger partial charge in [-0.1, -0.05) is 53.2 Å². The number of nitrogens with one attached hydrogen (secondary N) is 1. The van der Waals surface area contributed by atoms with Crippen molar-refractivity contribution in [3.63, 3.8) is 0 Å². The van der Waals surface area contributed by atoms with Crippen LogP contribution in [0.15, 0.2) is 53.2 Å². The average Bonchev–Trinajstić information content (AvgIpc) is 3.41. The number of anilines is 1. The Bertz CT molecular complexity index is 1200. The van der Waals surface area contributed by atoms with Crippen molar-refractivity contribution in [1.82, 2.24) is 15.1 Å². The molecule has 0 atom stereocenters. The van der Waals surface area contributed by atoms with E-state index in [2.05, 4.69) is 27.6 Å². The predicted molar refractivity (Wildman–Crippen MR) is 132 cm³/mol. The highest BCUT2D eigenvalue weighted by atomic mass is 32.1. The van der Waals surface area contributed by atoms with Gasteiger partial charge in [0.2, 0.25) is 0 Å². The predicted octanol–water partition coefficient (Wildman–Crippen LogP) is 6.80. The SMILES string of the molecule is Cc1nc(NCc2c(C)noc2-c2ccc(OC3CCCCC3)cn2)sc1-c1ccccc1. The molecule has 0 saturated heterocycles. The molecule has 4 aromatic rings. The summed E-state index contributed by atoms with van der Waals surface area (Å²) in [6.07, 6.45) is 8.15. The molecular weight excluding hydrogens is 432 g/mol. The second kappa shape index (κ2) is 9.75. The first kappa shape index (κ1) is 21.6. The fourth-order valence-corrected chi connectivity index (χ4v) is 5.22. The fourth-order valence-electron chi connectivity index (χ4n) is 4.25. The molecule has 170 valence electrons. The first-order valence-electron chi connectivity index (χ1n) is 11.5. The van der Waals surface area contributed by atoms with E-state index in [-0.39, 0.29) is 0 Å². The molecule has 33 heavy (non-hydrogen) atoms. The summed E-state index contributed by atoms with van der Waals surface area (Å²) in [5.74, 6) is 1.49. The maximum absolute atomic E-state index is 6.11. The second-order valence-electron chi connectivity index (χ2n) is 8.49. The number of hydrogen-bond donors (Lipinski definition) is 1. The minimum Gasteiger partial charge on any atom is -0.489 e. The second-order valence-corrected chi connectivity index (χ2v) is 9.48. The van der Waals surface area contributed by atoms with Gasteiger partial charge in [-0.05, 0) is 57.2 Å². The minimum absolute atomic E-state index is 0.307. The molecule has 0 amide bonds. The first-order valence-corrected chi connectivity index (χ1v) is 12.3. The highest BCUT2D eigenvalue weighted by molar-refractivity contribution is 7.19. The van der Waals surface area contributed by atoms with Gasteiger partial charge in [0.25, 0.3) is 0 Å². The smallest absolute Gasteiger partial charge is 0.190 e. The zero-order valence-electron chi connectivity index (χ0n) is 19.0. The van der Waals surface area contributed by atoms with Crippen LogP contribution < -0.4 is 10.1 Å². The molecule has 1 aliphatic carbocycles. The van der Waals surface area contributed by atoms with Crippen LogP contribution in [0, 0.1) is 13.8 Å². The number of thiazole rings is 1. The number of hydrogen-bond acceptors (Lipinski definition) is 7. The molecule has 5 rings (SSSR count). The van der Waals surface area contributed by atoms with E-state index < -0.39 is 0 Å². The first-order chi connectivity index (χ1) is 16.2. The van der Waals surface area contributed by atoms with E-state index in [1.165, 1.54) is 29.7 Å². The fraction of sp³-hybridized carbons (Fsp3) is 0.346. The summed E-state index contributed by atoms with van der Waals surface area (Å²) in [5, 5.41) is 8.51. The molecular formula is C26H28N4O2S. The van der Waals surface area contributed by atoms with Gasteiger partial charge in [0, 0.05) is 12.1 Å². The van der Waals surface area contributed by atoms with Crippen molar-refractivity contribution in [3.05, 3.63) is 65.6 Å². The standard InChI is InChI=1S/C26H28N4O2S/c1-17-22(16-28-26-29-18(2)25(33-26)19-9-5-3-6-10-19)24(32-30-17)23-14-13-21(15-27-23)31-20-11-7-4-8-12-20/h3,5-6,9-10,13-15,20H,4,7-8,11-12,16H2,1-2H3,(H,28,29). The molecule has 0 unspecified atom stereocenters. The van der Waals surface area contributed by atoms with E-state index >= 15 is 0 Å². The summed E-state index contributed by atoms with van der Waals surface area (Å²) < 4.78 is 11.8. The summed E-state index contributed by atoms with van der Waals surface area (Å²) in [5.41, 5.74) is 4.79. The Morgan fingerprint density at radius 1 is 1.03 bits per heavy atom. The highest BCUT2D eigenvalue weighted by Gasteiger charge is 2.19. The van der Waals surface area contributed by atoms with Gasteiger partial charge in [-0.2, -0.15) is 0 Å². The molecule has 1 aromatic carbocycles. The van der Waals surface area contributed by atoms with Crippen LogP contribution >= 0.6 is 11.3 Å². The number of nitrogens with zero attached hydrogens (tertiary/aromatic N) is 3. The van der Waals surface area contributed by atoms with E-state index in [0.29, 0.717) is 18.4 Å². The Morgan fingerprint density at radius 3 is 2.61 bits per heavy atom. The number of ether oxygens (including phenoxy) is 1.